The highest BCUT2D eigenvalue weighted by atomic mass is 16.5. The van der Waals surface area contributed by atoms with Crippen LogP contribution in [0.5, 0.6) is 5.75 Å². The third-order valence-corrected chi connectivity index (χ3v) is 3.31. The predicted molar refractivity (Wildman–Crippen MR) is 78.4 cm³/mol. The molecule has 2 aromatic rings. The lowest BCUT2D eigenvalue weighted by atomic mass is 10.0. The first kappa shape index (κ1) is 14.3. The Kier molecular flexibility index (Phi) is 4.23. The monoisotopic (exact) mass is 272 g/mol. The molecule has 0 fully saturated rings. The average Bonchev–Trinajstić information content (AvgIpc) is 2.90. The summed E-state index contributed by atoms with van der Waals surface area (Å²) in [7, 11) is 1.55. The van der Waals surface area contributed by atoms with Crippen LogP contribution in [0.2, 0.25) is 0 Å². The average molecular weight is 272 g/mol. The number of hydrogen-bond acceptors (Lipinski definition) is 3. The molecule has 0 spiro atoms. The van der Waals surface area contributed by atoms with E-state index in [2.05, 4.69) is 12.0 Å². The molecule has 4 nitrogen and oxygen atoms in total. The molecular weight excluding hydrogens is 252 g/mol. The molecular formula is C16H20N2O2. The van der Waals surface area contributed by atoms with Gasteiger partial charge in [0.05, 0.1) is 13.3 Å². The molecule has 4 heteroatoms. The minimum atomic E-state index is -0.0595. The fourth-order valence-corrected chi connectivity index (χ4v) is 2.13. The van der Waals surface area contributed by atoms with Gasteiger partial charge in [0.15, 0.2) is 11.4 Å². The van der Waals surface area contributed by atoms with Crippen molar-refractivity contribution in [1.82, 2.24) is 9.78 Å². The summed E-state index contributed by atoms with van der Waals surface area (Å²) < 4.78 is 6.96. The predicted octanol–water partition coefficient (Wildman–Crippen LogP) is 3.27. The van der Waals surface area contributed by atoms with Gasteiger partial charge in [0.25, 0.3) is 0 Å². The van der Waals surface area contributed by atoms with Gasteiger partial charge in [0.1, 0.15) is 0 Å². The van der Waals surface area contributed by atoms with Gasteiger partial charge in [-0.1, -0.05) is 31.2 Å². The number of aromatic nitrogens is 2. The third kappa shape index (κ3) is 2.59. The number of benzene rings is 1. The highest BCUT2D eigenvalue weighted by molar-refractivity contribution is 6.09. The molecule has 106 valence electrons. The van der Waals surface area contributed by atoms with E-state index in [-0.39, 0.29) is 11.8 Å². The Morgan fingerprint density at radius 3 is 2.45 bits per heavy atom. The van der Waals surface area contributed by atoms with Gasteiger partial charge in [0, 0.05) is 11.6 Å². The smallest absolute Gasteiger partial charge is 0.214 e. The Morgan fingerprint density at radius 1 is 1.30 bits per heavy atom. The van der Waals surface area contributed by atoms with Crippen LogP contribution in [-0.2, 0) is 6.42 Å². The van der Waals surface area contributed by atoms with Gasteiger partial charge in [0.2, 0.25) is 5.78 Å². The first-order valence-electron chi connectivity index (χ1n) is 6.83. The van der Waals surface area contributed by atoms with E-state index in [1.807, 2.05) is 38.1 Å². The summed E-state index contributed by atoms with van der Waals surface area (Å²) in [5, 5.41) is 4.24. The van der Waals surface area contributed by atoms with Crippen molar-refractivity contribution in [2.45, 2.75) is 33.2 Å². The van der Waals surface area contributed by atoms with E-state index >= 15 is 0 Å². The molecule has 0 amide bonds. The zero-order valence-corrected chi connectivity index (χ0v) is 12.4. The normalized spacial score (nSPS) is 10.8. The lowest BCUT2D eigenvalue weighted by Crippen LogP contribution is -2.14. The molecule has 0 N–H and O–H groups in total. The van der Waals surface area contributed by atoms with Crippen LogP contribution in [0.1, 0.15) is 48.4 Å². The Labute approximate surface area is 119 Å². The molecule has 0 atom stereocenters. The first-order chi connectivity index (χ1) is 9.58. The molecule has 0 aliphatic heterocycles. The molecule has 20 heavy (non-hydrogen) atoms. The summed E-state index contributed by atoms with van der Waals surface area (Å²) in [5.74, 6) is 0.457. The third-order valence-electron chi connectivity index (χ3n) is 3.31. The van der Waals surface area contributed by atoms with Gasteiger partial charge < -0.3 is 4.74 Å². The van der Waals surface area contributed by atoms with Gasteiger partial charge in [-0.2, -0.15) is 5.10 Å². The Balaban J connectivity index is 2.43. The van der Waals surface area contributed by atoms with Crippen molar-refractivity contribution in [2.75, 3.05) is 7.11 Å². The second-order valence-corrected chi connectivity index (χ2v) is 4.98. The van der Waals surface area contributed by atoms with Gasteiger partial charge in [-0.05, 0) is 25.8 Å². The molecule has 0 bridgehead atoms. The zero-order chi connectivity index (χ0) is 14.7. The lowest BCUT2D eigenvalue weighted by Gasteiger charge is -2.11. The van der Waals surface area contributed by atoms with Gasteiger partial charge in [-0.15, -0.1) is 0 Å². The number of ketones is 1. The van der Waals surface area contributed by atoms with E-state index in [9.17, 15) is 4.79 Å². The molecule has 0 aliphatic carbocycles. The van der Waals surface area contributed by atoms with Crippen LogP contribution >= 0.6 is 0 Å². The summed E-state index contributed by atoms with van der Waals surface area (Å²) in [5.41, 5.74) is 2.38. The number of carbonyl (C=O) groups is 1. The van der Waals surface area contributed by atoms with Crippen molar-refractivity contribution in [3.05, 3.63) is 47.3 Å². The van der Waals surface area contributed by atoms with Gasteiger partial charge in [-0.25, -0.2) is 0 Å². The second kappa shape index (κ2) is 5.90. The number of aryl methyl sites for hydroxylation is 1. The summed E-state index contributed by atoms with van der Waals surface area (Å²) in [6.45, 7) is 6.07. The number of methoxy groups -OCH3 is 1. The van der Waals surface area contributed by atoms with E-state index in [1.165, 1.54) is 5.56 Å². The van der Waals surface area contributed by atoms with E-state index in [0.29, 0.717) is 17.0 Å². The van der Waals surface area contributed by atoms with Crippen LogP contribution in [0.4, 0.5) is 0 Å². The number of rotatable bonds is 5. The number of hydrogen-bond donors (Lipinski definition) is 0. The Hall–Kier alpha value is -2.10. The standard InChI is InChI=1S/C16H20N2O2/c1-5-12-6-8-13(9-7-12)16(19)15-14(20-4)10-17-18(15)11(2)3/h6-11H,5H2,1-4H3. The number of nitrogens with zero attached hydrogens (tertiary/aromatic N) is 2. The SMILES string of the molecule is CCc1ccc(C(=O)c2c(OC)cnn2C(C)C)cc1. The van der Waals surface area contributed by atoms with Crippen LogP contribution < -0.4 is 4.74 Å². The topological polar surface area (TPSA) is 44.1 Å². The van der Waals surface area contributed by atoms with Crippen molar-refractivity contribution in [2.24, 2.45) is 0 Å². The van der Waals surface area contributed by atoms with Crippen LogP contribution in [0.25, 0.3) is 0 Å². The van der Waals surface area contributed by atoms with Crippen molar-refractivity contribution >= 4 is 5.78 Å². The quantitative estimate of drug-likeness (QED) is 0.785. The molecule has 0 saturated heterocycles. The van der Waals surface area contributed by atoms with Crippen LogP contribution in [0.15, 0.2) is 30.5 Å². The summed E-state index contributed by atoms with van der Waals surface area (Å²) in [6.07, 6.45) is 2.55. The fourth-order valence-electron chi connectivity index (χ4n) is 2.13. The molecule has 0 saturated carbocycles. The molecule has 1 aromatic carbocycles. The van der Waals surface area contributed by atoms with Crippen molar-refractivity contribution in [1.29, 1.82) is 0 Å². The van der Waals surface area contributed by atoms with Gasteiger partial charge in [-0.3, -0.25) is 9.48 Å². The van der Waals surface area contributed by atoms with Crippen LogP contribution in [-0.4, -0.2) is 22.7 Å². The Morgan fingerprint density at radius 2 is 1.95 bits per heavy atom. The van der Waals surface area contributed by atoms with Crippen molar-refractivity contribution < 1.29 is 9.53 Å². The van der Waals surface area contributed by atoms with Gasteiger partial charge >= 0.3 is 0 Å². The summed E-state index contributed by atoms with van der Waals surface area (Å²) in [6, 6.07) is 7.79. The van der Waals surface area contributed by atoms with Crippen LogP contribution in [0.3, 0.4) is 0 Å². The summed E-state index contributed by atoms with van der Waals surface area (Å²) in [4.78, 5) is 12.7. The van der Waals surface area contributed by atoms with Crippen molar-refractivity contribution in [3.63, 3.8) is 0 Å². The highest BCUT2D eigenvalue weighted by Gasteiger charge is 2.22. The maximum absolute atomic E-state index is 12.7. The minimum absolute atomic E-state index is 0.0595. The van der Waals surface area contributed by atoms with E-state index < -0.39 is 0 Å². The first-order valence-corrected chi connectivity index (χ1v) is 6.83. The maximum Gasteiger partial charge on any atom is 0.214 e. The molecule has 0 unspecified atom stereocenters. The zero-order valence-electron chi connectivity index (χ0n) is 12.4. The van der Waals surface area contributed by atoms with E-state index in [1.54, 1.807) is 18.0 Å². The summed E-state index contributed by atoms with van der Waals surface area (Å²) >= 11 is 0. The molecule has 0 aliphatic rings. The molecule has 1 aromatic heterocycles. The maximum atomic E-state index is 12.7. The molecule has 0 radical (unpaired) electrons. The molecule has 1 heterocycles. The lowest BCUT2D eigenvalue weighted by molar-refractivity contribution is 0.102. The van der Waals surface area contributed by atoms with Crippen molar-refractivity contribution in [3.8, 4) is 5.75 Å². The van der Waals surface area contributed by atoms with E-state index in [4.69, 9.17) is 4.74 Å². The molecule has 2 rings (SSSR count). The Bertz CT molecular complexity index is 597. The second-order valence-electron chi connectivity index (χ2n) is 4.98. The largest absolute Gasteiger partial charge is 0.493 e. The highest BCUT2D eigenvalue weighted by Crippen LogP contribution is 2.24. The minimum Gasteiger partial charge on any atom is -0.493 e. The fraction of sp³-hybridized carbons (Fsp3) is 0.375. The number of carbonyl (C=O) groups excluding carboxylic acids is 1. The van der Waals surface area contributed by atoms with Crippen LogP contribution in [0, 0.1) is 0 Å². The number of ether oxygens (including phenoxy) is 1. The van der Waals surface area contributed by atoms with E-state index in [0.717, 1.165) is 6.42 Å².